The number of rotatable bonds is 6. The largest absolute Gasteiger partial charge is 0.457 e. The highest BCUT2D eigenvalue weighted by molar-refractivity contribution is 5.92. The van der Waals surface area contributed by atoms with E-state index in [1.54, 1.807) is 30.6 Å². The van der Waals surface area contributed by atoms with Gasteiger partial charge in [0.2, 0.25) is 0 Å². The molecule has 3 heterocycles. The lowest BCUT2D eigenvalue weighted by atomic mass is 10.1. The molecule has 2 aromatic heterocycles. The summed E-state index contributed by atoms with van der Waals surface area (Å²) in [6, 6.07) is 14.9. The van der Waals surface area contributed by atoms with Gasteiger partial charge in [-0.15, -0.1) is 0 Å². The zero-order chi connectivity index (χ0) is 27.6. The highest BCUT2D eigenvalue weighted by Crippen LogP contribution is 2.31. The van der Waals surface area contributed by atoms with Crippen LogP contribution in [0.4, 0.5) is 17.3 Å². The lowest BCUT2D eigenvalue weighted by molar-refractivity contribution is 0.00695. The molecule has 1 aliphatic heterocycles. The lowest BCUT2D eigenvalue weighted by Crippen LogP contribution is -2.44. The second kappa shape index (κ2) is 10.9. The number of pyridine rings is 1. The number of carbonyl (C=O) groups excluding carboxylic acids is 1. The predicted molar refractivity (Wildman–Crippen MR) is 153 cm³/mol. The maximum atomic E-state index is 12.3. The normalized spacial score (nSPS) is 14.3. The van der Waals surface area contributed by atoms with Gasteiger partial charge in [0.05, 0.1) is 17.3 Å². The average molecular weight is 527 g/mol. The number of aromatic nitrogens is 3. The molecule has 9 nitrogen and oxygen atoms in total. The van der Waals surface area contributed by atoms with Crippen molar-refractivity contribution >= 4 is 34.2 Å². The SMILES string of the molecule is Cc1cc(Nc2ncnc3cnc(N4CCN(C)CC4)cc23)ccc1Oc1ccc(C(=O)OC(C)(C)C)cc1. The first-order valence-corrected chi connectivity index (χ1v) is 13.1. The summed E-state index contributed by atoms with van der Waals surface area (Å²) in [6.45, 7) is 11.4. The van der Waals surface area contributed by atoms with Crippen LogP contribution in [0.1, 0.15) is 36.7 Å². The van der Waals surface area contributed by atoms with E-state index in [-0.39, 0.29) is 5.97 Å². The maximum Gasteiger partial charge on any atom is 0.338 e. The number of anilines is 3. The number of piperazine rings is 1. The number of carbonyl (C=O) groups is 1. The van der Waals surface area contributed by atoms with Crippen LogP contribution in [0.25, 0.3) is 10.9 Å². The van der Waals surface area contributed by atoms with Crippen molar-refractivity contribution in [2.24, 2.45) is 0 Å². The van der Waals surface area contributed by atoms with Crippen molar-refractivity contribution in [3.05, 3.63) is 72.2 Å². The molecule has 0 amide bonds. The highest BCUT2D eigenvalue weighted by Gasteiger charge is 2.19. The molecule has 0 unspecified atom stereocenters. The first kappa shape index (κ1) is 26.4. The standard InChI is InChI=1S/C30H34N6O3/c1-20-16-22(8-11-26(20)38-23-9-6-21(7-10-23)29(37)39-30(2,3)4)34-28-24-17-27(31-18-25(24)32-19-33-28)36-14-12-35(5)13-15-36/h6-11,16-19H,12-15H2,1-5H3,(H,32,33,34). The van der Waals surface area contributed by atoms with Crippen LogP contribution < -0.4 is 15.0 Å². The summed E-state index contributed by atoms with van der Waals surface area (Å²) in [5.41, 5.74) is 2.57. The Morgan fingerprint density at radius 1 is 0.949 bits per heavy atom. The van der Waals surface area contributed by atoms with Crippen LogP contribution in [-0.2, 0) is 4.74 Å². The van der Waals surface area contributed by atoms with Gasteiger partial charge in [0.1, 0.15) is 35.1 Å². The van der Waals surface area contributed by atoms with Crippen molar-refractivity contribution in [1.29, 1.82) is 0 Å². The monoisotopic (exact) mass is 526 g/mol. The van der Waals surface area contributed by atoms with Gasteiger partial charge < -0.3 is 24.6 Å². The van der Waals surface area contributed by atoms with E-state index in [1.807, 2.05) is 52.1 Å². The minimum absolute atomic E-state index is 0.357. The van der Waals surface area contributed by atoms with Gasteiger partial charge >= 0.3 is 5.97 Å². The van der Waals surface area contributed by atoms with Crippen molar-refractivity contribution in [2.45, 2.75) is 33.3 Å². The third-order valence-corrected chi connectivity index (χ3v) is 6.49. The highest BCUT2D eigenvalue weighted by atomic mass is 16.6. The molecule has 0 radical (unpaired) electrons. The van der Waals surface area contributed by atoms with E-state index in [0.29, 0.717) is 11.3 Å². The number of hydrogen-bond donors (Lipinski definition) is 1. The number of likely N-dealkylation sites (N-methyl/N-ethyl adjacent to an activating group) is 1. The summed E-state index contributed by atoms with van der Waals surface area (Å²) in [5.74, 6) is 2.66. The van der Waals surface area contributed by atoms with Gasteiger partial charge in [-0.3, -0.25) is 0 Å². The van der Waals surface area contributed by atoms with E-state index in [2.05, 4.69) is 43.2 Å². The molecular weight excluding hydrogens is 492 g/mol. The second-order valence-corrected chi connectivity index (χ2v) is 10.8. The topological polar surface area (TPSA) is 92.7 Å². The van der Waals surface area contributed by atoms with Crippen molar-refractivity contribution in [2.75, 3.05) is 43.4 Å². The summed E-state index contributed by atoms with van der Waals surface area (Å²) in [5, 5.41) is 4.36. The lowest BCUT2D eigenvalue weighted by Gasteiger charge is -2.33. The number of benzene rings is 2. The Morgan fingerprint density at radius 2 is 1.69 bits per heavy atom. The first-order chi connectivity index (χ1) is 18.6. The minimum Gasteiger partial charge on any atom is -0.457 e. The van der Waals surface area contributed by atoms with Crippen LogP contribution in [0.2, 0.25) is 0 Å². The number of fused-ring (bicyclic) bond motifs is 1. The molecule has 4 aromatic rings. The third kappa shape index (κ3) is 6.43. The van der Waals surface area contributed by atoms with E-state index < -0.39 is 5.60 Å². The molecule has 202 valence electrons. The van der Waals surface area contributed by atoms with E-state index in [4.69, 9.17) is 9.47 Å². The van der Waals surface area contributed by atoms with Gasteiger partial charge in [-0.2, -0.15) is 0 Å². The van der Waals surface area contributed by atoms with Crippen molar-refractivity contribution < 1.29 is 14.3 Å². The van der Waals surface area contributed by atoms with E-state index in [0.717, 1.165) is 65.7 Å². The van der Waals surface area contributed by atoms with Crippen LogP contribution >= 0.6 is 0 Å². The molecular formula is C30H34N6O3. The number of aryl methyl sites for hydroxylation is 1. The van der Waals surface area contributed by atoms with Gasteiger partial charge in [0.25, 0.3) is 0 Å². The summed E-state index contributed by atoms with van der Waals surface area (Å²) >= 11 is 0. The molecule has 2 aromatic carbocycles. The number of hydrogen-bond acceptors (Lipinski definition) is 9. The molecule has 9 heteroatoms. The fourth-order valence-corrected chi connectivity index (χ4v) is 4.36. The summed E-state index contributed by atoms with van der Waals surface area (Å²) in [7, 11) is 2.14. The van der Waals surface area contributed by atoms with Gasteiger partial charge in [0, 0.05) is 37.3 Å². The second-order valence-electron chi connectivity index (χ2n) is 10.8. The molecule has 39 heavy (non-hydrogen) atoms. The number of ether oxygens (including phenoxy) is 2. The van der Waals surface area contributed by atoms with Crippen LogP contribution in [0.5, 0.6) is 11.5 Å². The van der Waals surface area contributed by atoms with Crippen molar-refractivity contribution in [3.8, 4) is 11.5 Å². The Morgan fingerprint density at radius 3 is 2.38 bits per heavy atom. The fraction of sp³-hybridized carbons (Fsp3) is 0.333. The Balaban J connectivity index is 1.30. The molecule has 5 rings (SSSR count). The molecule has 0 aliphatic carbocycles. The van der Waals surface area contributed by atoms with Gasteiger partial charge in [-0.1, -0.05) is 0 Å². The predicted octanol–water partition coefficient (Wildman–Crippen LogP) is 5.58. The molecule has 1 aliphatic rings. The summed E-state index contributed by atoms with van der Waals surface area (Å²) < 4.78 is 11.5. The third-order valence-electron chi connectivity index (χ3n) is 6.49. The summed E-state index contributed by atoms with van der Waals surface area (Å²) in [4.78, 5) is 30.5. The smallest absolute Gasteiger partial charge is 0.338 e. The van der Waals surface area contributed by atoms with Crippen LogP contribution in [-0.4, -0.2) is 64.6 Å². The van der Waals surface area contributed by atoms with E-state index in [9.17, 15) is 4.79 Å². The molecule has 0 saturated carbocycles. The van der Waals surface area contributed by atoms with Crippen molar-refractivity contribution in [1.82, 2.24) is 19.9 Å². The van der Waals surface area contributed by atoms with Gasteiger partial charge in [-0.25, -0.2) is 19.7 Å². The Kier molecular flexibility index (Phi) is 7.34. The van der Waals surface area contributed by atoms with Crippen LogP contribution in [0.3, 0.4) is 0 Å². The quantitative estimate of drug-likeness (QED) is 0.323. The van der Waals surface area contributed by atoms with Crippen molar-refractivity contribution in [3.63, 3.8) is 0 Å². The zero-order valence-electron chi connectivity index (χ0n) is 23.1. The Hall–Kier alpha value is -4.24. The van der Waals surface area contributed by atoms with Gasteiger partial charge in [0.15, 0.2) is 0 Å². The fourth-order valence-electron chi connectivity index (χ4n) is 4.36. The number of nitrogens with zero attached hydrogens (tertiary/aromatic N) is 5. The molecule has 0 bridgehead atoms. The maximum absolute atomic E-state index is 12.3. The average Bonchev–Trinajstić information content (AvgIpc) is 2.90. The van der Waals surface area contributed by atoms with E-state index in [1.165, 1.54) is 0 Å². The number of esters is 1. The van der Waals surface area contributed by atoms with Gasteiger partial charge in [-0.05, 0) is 88.8 Å². The first-order valence-electron chi connectivity index (χ1n) is 13.1. The molecule has 1 fully saturated rings. The molecule has 0 atom stereocenters. The molecule has 1 N–H and O–H groups in total. The van der Waals surface area contributed by atoms with E-state index >= 15 is 0 Å². The molecule has 0 spiro atoms. The minimum atomic E-state index is -0.541. The zero-order valence-corrected chi connectivity index (χ0v) is 23.1. The Bertz CT molecular complexity index is 1470. The van der Waals surface area contributed by atoms with Crippen LogP contribution in [0.15, 0.2) is 61.1 Å². The summed E-state index contributed by atoms with van der Waals surface area (Å²) in [6.07, 6.45) is 3.36. The Labute approximate surface area is 228 Å². The number of nitrogens with one attached hydrogen (secondary N) is 1. The molecule has 1 saturated heterocycles. The van der Waals surface area contributed by atoms with Crippen LogP contribution in [0, 0.1) is 6.92 Å².